The zero-order valence-corrected chi connectivity index (χ0v) is 6.92. The summed E-state index contributed by atoms with van der Waals surface area (Å²) in [6.07, 6.45) is -2.52. The summed E-state index contributed by atoms with van der Waals surface area (Å²) in [6.45, 7) is 1.63. The van der Waals surface area contributed by atoms with E-state index in [0.717, 1.165) is 0 Å². The SMILES string of the molecule is Cc1nc2cccc(C(F)F)c2o1. The molecule has 0 N–H and O–H groups in total. The predicted octanol–water partition coefficient (Wildman–Crippen LogP) is 3.07. The first kappa shape index (κ1) is 8.16. The van der Waals surface area contributed by atoms with Crippen molar-refractivity contribution in [2.45, 2.75) is 13.3 Å². The molecule has 1 aromatic heterocycles. The first-order valence-corrected chi connectivity index (χ1v) is 3.82. The molecule has 0 unspecified atom stereocenters. The van der Waals surface area contributed by atoms with Crippen LogP contribution in [0.4, 0.5) is 8.78 Å². The average Bonchev–Trinajstić information content (AvgIpc) is 2.43. The zero-order valence-electron chi connectivity index (χ0n) is 6.92. The molecular formula is C9H7F2NO. The molecule has 68 valence electrons. The maximum absolute atomic E-state index is 12.4. The van der Waals surface area contributed by atoms with Crippen LogP contribution in [0.15, 0.2) is 22.6 Å². The van der Waals surface area contributed by atoms with Crippen LogP contribution in [0.1, 0.15) is 17.9 Å². The van der Waals surface area contributed by atoms with Gasteiger partial charge in [-0.2, -0.15) is 0 Å². The lowest BCUT2D eigenvalue weighted by molar-refractivity contribution is 0.152. The Morgan fingerprint density at radius 1 is 1.38 bits per heavy atom. The molecule has 0 aliphatic rings. The van der Waals surface area contributed by atoms with Gasteiger partial charge in [-0.1, -0.05) is 6.07 Å². The Morgan fingerprint density at radius 2 is 2.15 bits per heavy atom. The number of aryl methyl sites for hydroxylation is 1. The number of halogens is 2. The van der Waals surface area contributed by atoms with Gasteiger partial charge in [-0.15, -0.1) is 0 Å². The summed E-state index contributed by atoms with van der Waals surface area (Å²) in [5.41, 5.74) is 0.573. The van der Waals surface area contributed by atoms with Gasteiger partial charge >= 0.3 is 0 Å². The number of benzene rings is 1. The van der Waals surface area contributed by atoms with E-state index in [2.05, 4.69) is 4.98 Å². The number of oxazole rings is 1. The third-order valence-corrected chi connectivity index (χ3v) is 1.79. The lowest BCUT2D eigenvalue weighted by atomic mass is 10.2. The van der Waals surface area contributed by atoms with Crippen LogP contribution in [-0.2, 0) is 0 Å². The molecule has 2 nitrogen and oxygen atoms in total. The van der Waals surface area contributed by atoms with Gasteiger partial charge in [0.2, 0.25) is 0 Å². The molecule has 0 fully saturated rings. The van der Waals surface area contributed by atoms with Gasteiger partial charge in [0.05, 0.1) is 5.56 Å². The fourth-order valence-corrected chi connectivity index (χ4v) is 1.25. The van der Waals surface area contributed by atoms with Gasteiger partial charge in [0.1, 0.15) is 5.52 Å². The van der Waals surface area contributed by atoms with E-state index < -0.39 is 6.43 Å². The lowest BCUT2D eigenvalue weighted by Gasteiger charge is -1.97. The minimum Gasteiger partial charge on any atom is -0.440 e. The van der Waals surface area contributed by atoms with Crippen molar-refractivity contribution in [2.75, 3.05) is 0 Å². The number of fused-ring (bicyclic) bond motifs is 1. The summed E-state index contributed by atoms with van der Waals surface area (Å²) in [4.78, 5) is 3.96. The fraction of sp³-hybridized carbons (Fsp3) is 0.222. The quantitative estimate of drug-likeness (QED) is 0.679. The average molecular weight is 183 g/mol. The van der Waals surface area contributed by atoms with Crippen molar-refractivity contribution in [1.29, 1.82) is 0 Å². The first-order valence-electron chi connectivity index (χ1n) is 3.82. The molecule has 0 bridgehead atoms. The van der Waals surface area contributed by atoms with Crippen LogP contribution in [0.5, 0.6) is 0 Å². The second-order valence-electron chi connectivity index (χ2n) is 2.73. The van der Waals surface area contributed by atoms with Crippen molar-refractivity contribution in [3.63, 3.8) is 0 Å². The highest BCUT2D eigenvalue weighted by Gasteiger charge is 2.14. The minimum atomic E-state index is -2.52. The van der Waals surface area contributed by atoms with E-state index >= 15 is 0 Å². The Hall–Kier alpha value is -1.45. The third kappa shape index (κ3) is 1.28. The van der Waals surface area contributed by atoms with E-state index in [0.29, 0.717) is 11.4 Å². The van der Waals surface area contributed by atoms with E-state index in [-0.39, 0.29) is 11.1 Å². The second kappa shape index (κ2) is 2.80. The first-order chi connectivity index (χ1) is 6.18. The zero-order chi connectivity index (χ0) is 9.42. The number of nitrogens with zero attached hydrogens (tertiary/aromatic N) is 1. The standard InChI is InChI=1S/C9H7F2NO/c1-5-12-7-4-2-3-6(9(10)11)8(7)13-5/h2-4,9H,1H3. The van der Waals surface area contributed by atoms with E-state index in [9.17, 15) is 8.78 Å². The van der Waals surface area contributed by atoms with Crippen molar-refractivity contribution < 1.29 is 13.2 Å². The van der Waals surface area contributed by atoms with E-state index in [1.54, 1.807) is 19.1 Å². The van der Waals surface area contributed by atoms with Crippen LogP contribution in [0.2, 0.25) is 0 Å². The molecule has 1 aromatic carbocycles. The Morgan fingerprint density at radius 3 is 2.85 bits per heavy atom. The van der Waals surface area contributed by atoms with E-state index in [1.807, 2.05) is 0 Å². The Labute approximate surface area is 73.2 Å². The summed E-state index contributed by atoms with van der Waals surface area (Å²) in [7, 11) is 0. The number of para-hydroxylation sites is 1. The molecule has 0 saturated heterocycles. The fourth-order valence-electron chi connectivity index (χ4n) is 1.25. The Bertz CT molecular complexity index is 436. The molecule has 0 atom stereocenters. The smallest absolute Gasteiger partial charge is 0.267 e. The summed E-state index contributed by atoms with van der Waals surface area (Å²) in [5, 5.41) is 0. The maximum atomic E-state index is 12.4. The maximum Gasteiger partial charge on any atom is 0.267 e. The number of hydrogen-bond donors (Lipinski definition) is 0. The molecule has 0 aliphatic heterocycles. The lowest BCUT2D eigenvalue weighted by Crippen LogP contribution is -1.83. The highest BCUT2D eigenvalue weighted by molar-refractivity contribution is 5.76. The molecule has 4 heteroatoms. The summed E-state index contributed by atoms with van der Waals surface area (Å²) >= 11 is 0. The normalized spacial score (nSPS) is 11.4. The summed E-state index contributed by atoms with van der Waals surface area (Å²) < 4.78 is 29.9. The van der Waals surface area contributed by atoms with Crippen LogP contribution in [0, 0.1) is 6.92 Å². The number of hydrogen-bond acceptors (Lipinski definition) is 2. The minimum absolute atomic E-state index is 0.0990. The van der Waals surface area contributed by atoms with Crippen LogP contribution in [0.25, 0.3) is 11.1 Å². The second-order valence-corrected chi connectivity index (χ2v) is 2.73. The molecule has 0 radical (unpaired) electrons. The van der Waals surface area contributed by atoms with Gasteiger partial charge in [0.25, 0.3) is 6.43 Å². The summed E-state index contributed by atoms with van der Waals surface area (Å²) in [6, 6.07) is 4.54. The Balaban J connectivity index is 2.75. The monoisotopic (exact) mass is 183 g/mol. The van der Waals surface area contributed by atoms with Crippen molar-refractivity contribution in [2.24, 2.45) is 0 Å². The third-order valence-electron chi connectivity index (χ3n) is 1.79. The summed E-state index contributed by atoms with van der Waals surface area (Å²) in [5.74, 6) is 0.406. The van der Waals surface area contributed by atoms with Crippen molar-refractivity contribution >= 4 is 11.1 Å². The van der Waals surface area contributed by atoms with E-state index in [4.69, 9.17) is 4.42 Å². The van der Waals surface area contributed by atoms with Gasteiger partial charge in [-0.05, 0) is 12.1 Å². The molecule has 2 rings (SSSR count). The highest BCUT2D eigenvalue weighted by atomic mass is 19.3. The van der Waals surface area contributed by atoms with E-state index in [1.165, 1.54) is 6.07 Å². The molecule has 0 amide bonds. The van der Waals surface area contributed by atoms with Gasteiger partial charge in [-0.25, -0.2) is 13.8 Å². The molecule has 13 heavy (non-hydrogen) atoms. The molecule has 0 saturated carbocycles. The molecule has 1 heterocycles. The van der Waals surface area contributed by atoms with Crippen molar-refractivity contribution in [1.82, 2.24) is 4.98 Å². The molecular weight excluding hydrogens is 176 g/mol. The van der Waals surface area contributed by atoms with Crippen LogP contribution >= 0.6 is 0 Å². The molecule has 0 aliphatic carbocycles. The van der Waals surface area contributed by atoms with Gasteiger partial charge in [0.15, 0.2) is 11.5 Å². The van der Waals surface area contributed by atoms with Crippen LogP contribution in [0.3, 0.4) is 0 Å². The largest absolute Gasteiger partial charge is 0.440 e. The molecule has 0 spiro atoms. The Kier molecular flexibility index (Phi) is 1.76. The topological polar surface area (TPSA) is 26.0 Å². The number of alkyl halides is 2. The van der Waals surface area contributed by atoms with Crippen LogP contribution in [-0.4, -0.2) is 4.98 Å². The van der Waals surface area contributed by atoms with Gasteiger partial charge in [-0.3, -0.25) is 0 Å². The van der Waals surface area contributed by atoms with Gasteiger partial charge in [0, 0.05) is 6.92 Å². The number of rotatable bonds is 1. The van der Waals surface area contributed by atoms with Crippen molar-refractivity contribution in [3.8, 4) is 0 Å². The van der Waals surface area contributed by atoms with Crippen LogP contribution < -0.4 is 0 Å². The van der Waals surface area contributed by atoms with Crippen molar-refractivity contribution in [3.05, 3.63) is 29.7 Å². The number of aromatic nitrogens is 1. The molecule has 2 aromatic rings. The highest BCUT2D eigenvalue weighted by Crippen LogP contribution is 2.27. The van der Waals surface area contributed by atoms with Gasteiger partial charge < -0.3 is 4.42 Å². The predicted molar refractivity (Wildman–Crippen MR) is 43.7 cm³/mol.